The lowest BCUT2D eigenvalue weighted by molar-refractivity contribution is -0.136. The van der Waals surface area contributed by atoms with Gasteiger partial charge in [0.1, 0.15) is 5.82 Å². The number of hydrogen-bond acceptors (Lipinski definition) is 6. The van der Waals surface area contributed by atoms with Crippen LogP contribution in [0.15, 0.2) is 11.2 Å². The first-order valence-corrected chi connectivity index (χ1v) is 9.88. The van der Waals surface area contributed by atoms with E-state index in [0.29, 0.717) is 31.5 Å². The highest BCUT2D eigenvalue weighted by molar-refractivity contribution is 7.98. The molecule has 3 rings (SSSR count). The van der Waals surface area contributed by atoms with E-state index in [1.54, 1.807) is 11.8 Å². The molecule has 0 aromatic carbocycles. The van der Waals surface area contributed by atoms with Gasteiger partial charge in [0.05, 0.1) is 13.2 Å². The number of carbonyl (C=O) groups is 1. The van der Waals surface area contributed by atoms with Crippen LogP contribution in [0.2, 0.25) is 0 Å². The number of aromatic nitrogens is 2. The largest absolute Gasteiger partial charge is 0.378 e. The van der Waals surface area contributed by atoms with Gasteiger partial charge < -0.3 is 14.5 Å². The van der Waals surface area contributed by atoms with E-state index in [9.17, 15) is 4.79 Å². The van der Waals surface area contributed by atoms with E-state index in [4.69, 9.17) is 4.74 Å². The third kappa shape index (κ3) is 4.39. The summed E-state index contributed by atoms with van der Waals surface area (Å²) in [5.74, 6) is 1.80. The number of amides is 1. The number of morpholine rings is 1. The van der Waals surface area contributed by atoms with Gasteiger partial charge in [0.2, 0.25) is 5.91 Å². The number of anilines is 1. The van der Waals surface area contributed by atoms with Crippen molar-refractivity contribution in [1.82, 2.24) is 14.9 Å². The summed E-state index contributed by atoms with van der Waals surface area (Å²) in [7, 11) is 0. The van der Waals surface area contributed by atoms with Crippen molar-refractivity contribution in [3.8, 4) is 0 Å². The van der Waals surface area contributed by atoms with Gasteiger partial charge in [-0.15, -0.1) is 0 Å². The van der Waals surface area contributed by atoms with Gasteiger partial charge >= 0.3 is 0 Å². The van der Waals surface area contributed by atoms with E-state index in [-0.39, 0.29) is 0 Å². The fourth-order valence-electron chi connectivity index (χ4n) is 3.33. The molecule has 2 saturated heterocycles. The van der Waals surface area contributed by atoms with Crippen LogP contribution < -0.4 is 4.90 Å². The fraction of sp³-hybridized carbons (Fsp3) is 0.706. The van der Waals surface area contributed by atoms with Crippen LogP contribution >= 0.6 is 11.8 Å². The molecular weight excluding hydrogens is 324 g/mol. The Kier molecular flexibility index (Phi) is 5.94. The minimum Gasteiger partial charge on any atom is -0.378 e. The number of nitrogens with zero attached hydrogens (tertiary/aromatic N) is 4. The SMILES string of the molecule is CSc1nc(C)cc(N2CCC(CC(=O)N3CCOCC3)CC2)n1. The Morgan fingerprint density at radius 1 is 1.25 bits per heavy atom. The molecule has 1 aromatic heterocycles. The first kappa shape index (κ1) is 17.5. The Bertz CT molecular complexity index is 570. The van der Waals surface area contributed by atoms with Crippen LogP contribution in [0.1, 0.15) is 25.0 Å². The summed E-state index contributed by atoms with van der Waals surface area (Å²) < 4.78 is 5.32. The van der Waals surface area contributed by atoms with Crippen molar-refractivity contribution in [3.63, 3.8) is 0 Å². The summed E-state index contributed by atoms with van der Waals surface area (Å²) in [5, 5.41) is 0.828. The zero-order valence-corrected chi connectivity index (χ0v) is 15.3. The lowest BCUT2D eigenvalue weighted by Gasteiger charge is -2.34. The van der Waals surface area contributed by atoms with Crippen LogP contribution in [0.25, 0.3) is 0 Å². The van der Waals surface area contributed by atoms with Gasteiger partial charge in [-0.25, -0.2) is 9.97 Å². The van der Waals surface area contributed by atoms with E-state index in [2.05, 4.69) is 20.9 Å². The second-order valence-corrected chi connectivity index (χ2v) is 7.26. The van der Waals surface area contributed by atoms with Crippen molar-refractivity contribution in [2.45, 2.75) is 31.3 Å². The average molecular weight is 350 g/mol. The third-order valence-electron chi connectivity index (χ3n) is 4.77. The van der Waals surface area contributed by atoms with Crippen molar-refractivity contribution in [1.29, 1.82) is 0 Å². The number of carbonyl (C=O) groups excluding carboxylic acids is 1. The summed E-state index contributed by atoms with van der Waals surface area (Å²) in [6, 6.07) is 2.05. The first-order chi connectivity index (χ1) is 11.7. The van der Waals surface area contributed by atoms with Gasteiger partial charge in [0.15, 0.2) is 5.16 Å². The van der Waals surface area contributed by atoms with Gasteiger partial charge in [-0.2, -0.15) is 0 Å². The summed E-state index contributed by atoms with van der Waals surface area (Å²) in [6.45, 7) is 6.78. The minimum absolute atomic E-state index is 0.291. The van der Waals surface area contributed by atoms with Gasteiger partial charge in [-0.05, 0) is 31.9 Å². The predicted octanol–water partition coefficient (Wildman–Crippen LogP) is 1.97. The zero-order valence-electron chi connectivity index (χ0n) is 14.5. The number of rotatable bonds is 4. The number of ether oxygens (including phenoxy) is 1. The topological polar surface area (TPSA) is 58.6 Å². The molecule has 24 heavy (non-hydrogen) atoms. The summed E-state index contributed by atoms with van der Waals surface area (Å²) >= 11 is 1.58. The van der Waals surface area contributed by atoms with Gasteiger partial charge in [-0.3, -0.25) is 4.79 Å². The van der Waals surface area contributed by atoms with Crippen LogP contribution in [0.3, 0.4) is 0 Å². The molecule has 0 bridgehead atoms. The molecule has 1 aromatic rings. The molecule has 2 fully saturated rings. The Balaban J connectivity index is 1.52. The highest BCUT2D eigenvalue weighted by atomic mass is 32.2. The summed E-state index contributed by atoms with van der Waals surface area (Å²) in [5.41, 5.74) is 1.01. The molecule has 6 nitrogen and oxygen atoms in total. The Labute approximate surface area is 148 Å². The molecule has 0 aliphatic carbocycles. The lowest BCUT2D eigenvalue weighted by atomic mass is 9.93. The predicted molar refractivity (Wildman–Crippen MR) is 95.5 cm³/mol. The Morgan fingerprint density at radius 2 is 1.96 bits per heavy atom. The van der Waals surface area contributed by atoms with Crippen molar-refractivity contribution >= 4 is 23.5 Å². The summed E-state index contributed by atoms with van der Waals surface area (Å²) in [4.78, 5) is 25.7. The third-order valence-corrected chi connectivity index (χ3v) is 5.32. The maximum Gasteiger partial charge on any atom is 0.223 e. The van der Waals surface area contributed by atoms with Crippen molar-refractivity contribution in [2.24, 2.45) is 5.92 Å². The molecular formula is C17H26N4O2S. The highest BCUT2D eigenvalue weighted by Gasteiger charge is 2.25. The fourth-order valence-corrected chi connectivity index (χ4v) is 3.75. The lowest BCUT2D eigenvalue weighted by Crippen LogP contribution is -2.42. The second kappa shape index (κ2) is 8.16. The van der Waals surface area contributed by atoms with E-state index in [1.165, 1.54) is 0 Å². The Morgan fingerprint density at radius 3 is 2.62 bits per heavy atom. The second-order valence-electron chi connectivity index (χ2n) is 6.48. The highest BCUT2D eigenvalue weighted by Crippen LogP contribution is 2.26. The first-order valence-electron chi connectivity index (χ1n) is 8.66. The van der Waals surface area contributed by atoms with Gasteiger partial charge in [0, 0.05) is 44.4 Å². The molecule has 132 valence electrons. The van der Waals surface area contributed by atoms with Crippen LogP contribution in [-0.4, -0.2) is 66.4 Å². The van der Waals surface area contributed by atoms with Crippen LogP contribution in [0, 0.1) is 12.8 Å². The van der Waals surface area contributed by atoms with Crippen molar-refractivity contribution in [2.75, 3.05) is 50.5 Å². The molecule has 0 unspecified atom stereocenters. The number of aryl methyl sites for hydroxylation is 1. The quantitative estimate of drug-likeness (QED) is 0.611. The molecule has 0 radical (unpaired) electrons. The zero-order chi connectivity index (χ0) is 16.9. The number of thioether (sulfide) groups is 1. The standard InChI is InChI=1S/C17H26N4O2S/c1-13-11-15(19-17(18-13)24-2)20-5-3-14(4-6-20)12-16(22)21-7-9-23-10-8-21/h11,14H,3-10,12H2,1-2H3. The van der Waals surface area contributed by atoms with E-state index < -0.39 is 0 Å². The van der Waals surface area contributed by atoms with Crippen molar-refractivity contribution < 1.29 is 9.53 Å². The van der Waals surface area contributed by atoms with Crippen LogP contribution in [0.4, 0.5) is 5.82 Å². The van der Waals surface area contributed by atoms with Gasteiger partial charge in [-0.1, -0.05) is 11.8 Å². The average Bonchev–Trinajstić information content (AvgIpc) is 2.62. The summed E-state index contributed by atoms with van der Waals surface area (Å²) in [6.07, 6.45) is 4.77. The maximum absolute atomic E-state index is 12.4. The molecule has 2 aliphatic rings. The van der Waals surface area contributed by atoms with Crippen molar-refractivity contribution in [3.05, 3.63) is 11.8 Å². The van der Waals surface area contributed by atoms with Crippen LogP contribution in [0.5, 0.6) is 0 Å². The number of piperidine rings is 1. The molecule has 0 N–H and O–H groups in total. The minimum atomic E-state index is 0.291. The van der Waals surface area contributed by atoms with E-state index in [0.717, 1.165) is 55.7 Å². The van der Waals surface area contributed by atoms with Crippen LogP contribution in [-0.2, 0) is 9.53 Å². The number of hydrogen-bond donors (Lipinski definition) is 0. The molecule has 7 heteroatoms. The molecule has 3 heterocycles. The Hall–Kier alpha value is -1.34. The van der Waals surface area contributed by atoms with E-state index >= 15 is 0 Å². The maximum atomic E-state index is 12.4. The normalized spacial score (nSPS) is 19.6. The van der Waals surface area contributed by atoms with Gasteiger partial charge in [0.25, 0.3) is 0 Å². The molecule has 2 aliphatic heterocycles. The molecule has 1 amide bonds. The molecule has 0 atom stereocenters. The van der Waals surface area contributed by atoms with E-state index in [1.807, 2.05) is 18.1 Å². The smallest absolute Gasteiger partial charge is 0.223 e. The molecule has 0 saturated carbocycles. The molecule has 0 spiro atoms. The monoisotopic (exact) mass is 350 g/mol.